The summed E-state index contributed by atoms with van der Waals surface area (Å²) in [6.07, 6.45) is 0.0296. The van der Waals surface area contributed by atoms with Crippen LogP contribution in [0.15, 0.2) is 48.5 Å². The van der Waals surface area contributed by atoms with Crippen LogP contribution in [0, 0.1) is 5.82 Å². The third-order valence-electron chi connectivity index (χ3n) is 4.40. The molecule has 2 rings (SSSR count). The van der Waals surface area contributed by atoms with Crippen molar-refractivity contribution in [2.75, 3.05) is 16.4 Å². The van der Waals surface area contributed by atoms with E-state index in [0.29, 0.717) is 5.69 Å². The van der Waals surface area contributed by atoms with Crippen molar-refractivity contribution in [3.63, 3.8) is 0 Å². The van der Waals surface area contributed by atoms with E-state index < -0.39 is 38.5 Å². The highest BCUT2D eigenvalue weighted by Gasteiger charge is 2.33. The average Bonchev–Trinajstić information content (AvgIpc) is 2.63. The van der Waals surface area contributed by atoms with Crippen LogP contribution in [0.25, 0.3) is 0 Å². The van der Waals surface area contributed by atoms with Crippen molar-refractivity contribution in [3.8, 4) is 0 Å². The van der Waals surface area contributed by atoms with E-state index in [0.717, 1.165) is 17.7 Å². The summed E-state index contributed by atoms with van der Waals surface area (Å²) in [5.41, 5.74) is 1.72. The first-order valence-corrected chi connectivity index (χ1v) is 11.0. The fourth-order valence-corrected chi connectivity index (χ4v) is 4.48. The minimum atomic E-state index is -4.05. The molecule has 0 aliphatic rings. The largest absolute Gasteiger partial charge is 0.325 e. The van der Waals surface area contributed by atoms with Gasteiger partial charge in [0.1, 0.15) is 16.8 Å². The molecule has 2 amide bonds. The normalized spacial score (nSPS) is 12.4. The van der Waals surface area contributed by atoms with Crippen molar-refractivity contribution in [1.82, 2.24) is 0 Å². The molecule has 2 aromatic carbocycles. The van der Waals surface area contributed by atoms with E-state index in [-0.39, 0.29) is 18.0 Å². The predicted octanol–water partition coefficient (Wildman–Crippen LogP) is 3.72. The number of para-hydroxylation sites is 1. The zero-order valence-electron chi connectivity index (χ0n) is 16.6. The standard InChI is InChI=1S/C21H25FN2O4S/c1-4-19(21(26)24-18-8-6-5-7-17(18)14(2)3)29(27,28)13-20(25)23-16-11-9-15(22)10-12-16/h5-12,14,19H,4,13H2,1-3H3,(H,23,25)(H,24,26). The lowest BCUT2D eigenvalue weighted by Crippen LogP contribution is -2.39. The Morgan fingerprint density at radius 3 is 2.21 bits per heavy atom. The minimum absolute atomic E-state index is 0.0296. The summed E-state index contributed by atoms with van der Waals surface area (Å²) < 4.78 is 38.3. The molecule has 0 spiro atoms. The summed E-state index contributed by atoms with van der Waals surface area (Å²) in [5, 5.41) is 3.73. The molecule has 0 saturated carbocycles. The third-order valence-corrected chi connectivity index (χ3v) is 6.48. The van der Waals surface area contributed by atoms with Gasteiger partial charge in [0, 0.05) is 11.4 Å². The first-order valence-electron chi connectivity index (χ1n) is 9.30. The Morgan fingerprint density at radius 2 is 1.62 bits per heavy atom. The molecule has 0 radical (unpaired) electrons. The van der Waals surface area contributed by atoms with Crippen LogP contribution < -0.4 is 10.6 Å². The molecular formula is C21H25FN2O4S. The van der Waals surface area contributed by atoms with Crippen LogP contribution in [-0.2, 0) is 19.4 Å². The number of hydrogen-bond acceptors (Lipinski definition) is 4. The van der Waals surface area contributed by atoms with Crippen molar-refractivity contribution in [2.24, 2.45) is 0 Å². The second kappa shape index (κ2) is 9.65. The SMILES string of the molecule is CCC(C(=O)Nc1ccccc1C(C)C)S(=O)(=O)CC(=O)Nc1ccc(F)cc1. The zero-order valence-corrected chi connectivity index (χ0v) is 17.4. The van der Waals surface area contributed by atoms with Crippen molar-refractivity contribution < 1.29 is 22.4 Å². The van der Waals surface area contributed by atoms with E-state index >= 15 is 0 Å². The van der Waals surface area contributed by atoms with E-state index in [2.05, 4.69) is 10.6 Å². The van der Waals surface area contributed by atoms with Crippen molar-refractivity contribution in [3.05, 3.63) is 59.9 Å². The van der Waals surface area contributed by atoms with Gasteiger partial charge in [0.15, 0.2) is 9.84 Å². The highest BCUT2D eigenvalue weighted by molar-refractivity contribution is 7.93. The fraction of sp³-hybridized carbons (Fsp3) is 0.333. The summed E-state index contributed by atoms with van der Waals surface area (Å²) in [7, 11) is -4.05. The third kappa shape index (κ3) is 6.12. The van der Waals surface area contributed by atoms with Crippen LogP contribution in [0.1, 0.15) is 38.7 Å². The molecule has 1 atom stereocenters. The number of carbonyl (C=O) groups is 2. The second-order valence-corrected chi connectivity index (χ2v) is 9.17. The summed E-state index contributed by atoms with van der Waals surface area (Å²) in [4.78, 5) is 24.8. The number of amides is 2. The minimum Gasteiger partial charge on any atom is -0.325 e. The lowest BCUT2D eigenvalue weighted by molar-refractivity contribution is -0.115. The summed E-state index contributed by atoms with van der Waals surface area (Å²) >= 11 is 0. The van der Waals surface area contributed by atoms with Crippen molar-refractivity contribution in [2.45, 2.75) is 38.4 Å². The van der Waals surface area contributed by atoms with Gasteiger partial charge in [-0.3, -0.25) is 9.59 Å². The van der Waals surface area contributed by atoms with E-state index in [4.69, 9.17) is 0 Å². The maximum Gasteiger partial charge on any atom is 0.242 e. The first-order chi connectivity index (χ1) is 13.6. The van der Waals surface area contributed by atoms with Crippen LogP contribution >= 0.6 is 0 Å². The number of hydrogen-bond donors (Lipinski definition) is 2. The molecule has 0 fully saturated rings. The van der Waals surface area contributed by atoms with E-state index in [1.165, 1.54) is 12.1 Å². The van der Waals surface area contributed by atoms with Crippen LogP contribution in [0.4, 0.5) is 15.8 Å². The van der Waals surface area contributed by atoms with Gasteiger partial charge < -0.3 is 10.6 Å². The molecule has 0 bridgehead atoms. The smallest absolute Gasteiger partial charge is 0.242 e. The second-order valence-electron chi connectivity index (χ2n) is 6.99. The van der Waals surface area contributed by atoms with Gasteiger partial charge >= 0.3 is 0 Å². The van der Waals surface area contributed by atoms with Gasteiger partial charge in [-0.25, -0.2) is 12.8 Å². The van der Waals surface area contributed by atoms with Crippen molar-refractivity contribution in [1.29, 1.82) is 0 Å². The van der Waals surface area contributed by atoms with Gasteiger partial charge in [-0.2, -0.15) is 0 Å². The van der Waals surface area contributed by atoms with E-state index in [1.807, 2.05) is 26.0 Å². The molecule has 0 aromatic heterocycles. The van der Waals surface area contributed by atoms with Crippen LogP contribution in [-0.4, -0.2) is 31.2 Å². The Hall–Kier alpha value is -2.74. The molecule has 29 heavy (non-hydrogen) atoms. The molecule has 2 aromatic rings. The van der Waals surface area contributed by atoms with Gasteiger partial charge in [-0.05, 0) is 48.2 Å². The van der Waals surface area contributed by atoms with Gasteiger partial charge in [0.2, 0.25) is 11.8 Å². The van der Waals surface area contributed by atoms with Gasteiger partial charge in [0.25, 0.3) is 0 Å². The van der Waals surface area contributed by atoms with Gasteiger partial charge in [-0.1, -0.05) is 39.0 Å². The number of halogens is 1. The molecule has 0 heterocycles. The predicted molar refractivity (Wildman–Crippen MR) is 112 cm³/mol. The Kier molecular flexibility index (Phi) is 7.50. The molecule has 156 valence electrons. The molecule has 0 aliphatic heterocycles. The molecular weight excluding hydrogens is 395 g/mol. The lowest BCUT2D eigenvalue weighted by Gasteiger charge is -2.18. The molecule has 0 saturated heterocycles. The quantitative estimate of drug-likeness (QED) is 0.681. The number of carbonyl (C=O) groups excluding carboxylic acids is 2. The molecule has 0 aliphatic carbocycles. The van der Waals surface area contributed by atoms with E-state index in [1.54, 1.807) is 19.1 Å². The van der Waals surface area contributed by atoms with Gasteiger partial charge in [-0.15, -0.1) is 0 Å². The highest BCUT2D eigenvalue weighted by atomic mass is 32.2. The Labute approximate surface area is 170 Å². The number of sulfone groups is 1. The topological polar surface area (TPSA) is 92.3 Å². The number of benzene rings is 2. The van der Waals surface area contributed by atoms with Gasteiger partial charge in [0.05, 0.1) is 0 Å². The van der Waals surface area contributed by atoms with E-state index in [9.17, 15) is 22.4 Å². The molecule has 2 N–H and O–H groups in total. The monoisotopic (exact) mass is 420 g/mol. The maximum atomic E-state index is 12.9. The molecule has 6 nitrogen and oxygen atoms in total. The summed E-state index contributed by atoms with van der Waals surface area (Å²) in [6, 6.07) is 12.1. The van der Waals surface area contributed by atoms with Crippen LogP contribution in [0.2, 0.25) is 0 Å². The Bertz CT molecular complexity index is 972. The highest BCUT2D eigenvalue weighted by Crippen LogP contribution is 2.24. The Morgan fingerprint density at radius 1 is 1.00 bits per heavy atom. The van der Waals surface area contributed by atoms with Crippen LogP contribution in [0.5, 0.6) is 0 Å². The van der Waals surface area contributed by atoms with Crippen molar-refractivity contribution >= 4 is 33.0 Å². The van der Waals surface area contributed by atoms with Crippen LogP contribution in [0.3, 0.4) is 0 Å². The summed E-state index contributed by atoms with van der Waals surface area (Å²) in [5.74, 6) is -2.63. The fourth-order valence-electron chi connectivity index (χ4n) is 2.94. The average molecular weight is 421 g/mol. The number of anilines is 2. The number of nitrogens with one attached hydrogen (secondary N) is 2. The Balaban J connectivity index is 2.11. The lowest BCUT2D eigenvalue weighted by atomic mass is 10.0. The molecule has 8 heteroatoms. The summed E-state index contributed by atoms with van der Waals surface area (Å²) in [6.45, 7) is 5.52. The molecule has 1 unspecified atom stereocenters. The zero-order chi connectivity index (χ0) is 21.6. The maximum absolute atomic E-state index is 12.9. The first kappa shape index (κ1) is 22.5. The number of rotatable bonds is 8.